The number of nitrogens with two attached hydrogens (primary N) is 1. The first-order valence-electron chi connectivity index (χ1n) is 5.19. The molecule has 0 atom stereocenters. The Morgan fingerprint density at radius 3 is 2.50 bits per heavy atom. The molecule has 1 nitrogen and oxygen atoms in total. The second kappa shape index (κ2) is 3.70. The molecule has 0 bridgehead atoms. The van der Waals surface area contributed by atoms with E-state index in [4.69, 9.17) is 5.73 Å². The van der Waals surface area contributed by atoms with Crippen LogP contribution >= 0.6 is 0 Å². The van der Waals surface area contributed by atoms with Gasteiger partial charge in [0.2, 0.25) is 0 Å². The van der Waals surface area contributed by atoms with Crippen molar-refractivity contribution in [2.75, 3.05) is 0 Å². The van der Waals surface area contributed by atoms with Crippen molar-refractivity contribution >= 4 is 0 Å². The second-order valence-electron chi connectivity index (χ2n) is 4.15. The summed E-state index contributed by atoms with van der Waals surface area (Å²) >= 11 is 0. The third-order valence-electron chi connectivity index (χ3n) is 3.19. The fourth-order valence-corrected chi connectivity index (χ4v) is 2.40. The lowest BCUT2D eigenvalue weighted by atomic mass is 9.86. The number of alkyl halides is 1. The number of halogens is 1. The molecule has 2 rings (SSSR count). The van der Waals surface area contributed by atoms with Gasteiger partial charge in [0.25, 0.3) is 0 Å². The van der Waals surface area contributed by atoms with E-state index in [0.717, 1.165) is 36.8 Å². The van der Waals surface area contributed by atoms with Crippen molar-refractivity contribution in [2.45, 2.75) is 37.9 Å². The molecule has 14 heavy (non-hydrogen) atoms. The molecular weight excluding hydrogens is 177 g/mol. The summed E-state index contributed by atoms with van der Waals surface area (Å²) in [5.41, 5.74) is 7.80. The molecular formula is C12H16FN. The Morgan fingerprint density at radius 1 is 1.21 bits per heavy atom. The van der Waals surface area contributed by atoms with E-state index in [1.807, 2.05) is 24.3 Å². The molecule has 0 saturated heterocycles. The first kappa shape index (κ1) is 9.66. The van der Waals surface area contributed by atoms with E-state index in [2.05, 4.69) is 0 Å². The van der Waals surface area contributed by atoms with Crippen LogP contribution in [0.1, 0.15) is 36.8 Å². The van der Waals surface area contributed by atoms with Gasteiger partial charge in [-0.25, -0.2) is 4.39 Å². The third-order valence-corrected chi connectivity index (χ3v) is 3.19. The summed E-state index contributed by atoms with van der Waals surface area (Å²) in [4.78, 5) is 0. The predicted octanol–water partition coefficient (Wildman–Crippen LogP) is 2.88. The largest absolute Gasteiger partial charge is 0.321 e. The molecule has 76 valence electrons. The van der Waals surface area contributed by atoms with Crippen molar-refractivity contribution in [1.29, 1.82) is 0 Å². The normalized spacial score (nSPS) is 19.9. The molecule has 0 radical (unpaired) electrons. The number of benzene rings is 1. The Kier molecular flexibility index (Phi) is 2.55. The molecule has 1 fully saturated rings. The van der Waals surface area contributed by atoms with Crippen LogP contribution in [0.4, 0.5) is 4.39 Å². The summed E-state index contributed by atoms with van der Waals surface area (Å²) in [6.07, 6.45) is 4.31. The van der Waals surface area contributed by atoms with E-state index in [0.29, 0.717) is 0 Å². The maximum Gasteiger partial charge on any atom is 0.115 e. The van der Waals surface area contributed by atoms with Crippen LogP contribution in [0.5, 0.6) is 0 Å². The molecule has 0 spiro atoms. The van der Waals surface area contributed by atoms with Crippen molar-refractivity contribution in [3.8, 4) is 0 Å². The lowest BCUT2D eigenvalue weighted by Crippen LogP contribution is -2.34. The van der Waals surface area contributed by atoms with Crippen LogP contribution in [-0.4, -0.2) is 0 Å². The molecule has 0 heterocycles. The average molecular weight is 193 g/mol. The molecule has 1 aliphatic rings. The van der Waals surface area contributed by atoms with E-state index in [9.17, 15) is 4.39 Å². The highest BCUT2D eigenvalue weighted by molar-refractivity contribution is 5.33. The van der Waals surface area contributed by atoms with E-state index in [1.165, 1.54) is 0 Å². The Balaban J connectivity index is 2.39. The van der Waals surface area contributed by atoms with Gasteiger partial charge in [0.1, 0.15) is 6.67 Å². The molecule has 2 heteroatoms. The number of rotatable bonds is 2. The van der Waals surface area contributed by atoms with Gasteiger partial charge in [0.05, 0.1) is 0 Å². The van der Waals surface area contributed by atoms with Gasteiger partial charge in [-0.3, -0.25) is 0 Å². The minimum absolute atomic E-state index is 0.261. The molecule has 0 amide bonds. The molecule has 0 aromatic heterocycles. The minimum atomic E-state index is -0.408. The Labute approximate surface area is 84.1 Å². The SMILES string of the molecule is NC1(c2ccccc2CF)CCCC1. The van der Waals surface area contributed by atoms with Crippen LogP contribution in [0.15, 0.2) is 24.3 Å². The summed E-state index contributed by atoms with van der Waals surface area (Å²) in [5.74, 6) is 0. The highest BCUT2D eigenvalue weighted by Gasteiger charge is 2.32. The third kappa shape index (κ3) is 1.55. The monoisotopic (exact) mass is 193 g/mol. The lowest BCUT2D eigenvalue weighted by molar-refractivity contribution is 0.433. The average Bonchev–Trinajstić information content (AvgIpc) is 2.66. The van der Waals surface area contributed by atoms with Crippen molar-refractivity contribution in [3.63, 3.8) is 0 Å². The smallest absolute Gasteiger partial charge is 0.115 e. The van der Waals surface area contributed by atoms with E-state index in [-0.39, 0.29) is 5.54 Å². The van der Waals surface area contributed by atoms with Gasteiger partial charge in [0.15, 0.2) is 0 Å². The van der Waals surface area contributed by atoms with Crippen molar-refractivity contribution in [3.05, 3.63) is 35.4 Å². The Bertz CT molecular complexity index is 316. The quantitative estimate of drug-likeness (QED) is 0.767. The summed E-state index contributed by atoms with van der Waals surface area (Å²) in [6, 6.07) is 7.63. The maximum absolute atomic E-state index is 12.8. The fraction of sp³-hybridized carbons (Fsp3) is 0.500. The van der Waals surface area contributed by atoms with Crippen LogP contribution in [0, 0.1) is 0 Å². The first-order chi connectivity index (χ1) is 6.76. The van der Waals surface area contributed by atoms with Crippen LogP contribution in [0.25, 0.3) is 0 Å². The molecule has 1 saturated carbocycles. The topological polar surface area (TPSA) is 26.0 Å². The standard InChI is InChI=1S/C12H16FN/c13-9-10-5-1-2-6-11(10)12(14)7-3-4-8-12/h1-2,5-6H,3-4,7-9,14H2. The maximum atomic E-state index is 12.8. The van der Waals surface area contributed by atoms with Crippen LogP contribution in [0.3, 0.4) is 0 Å². The lowest BCUT2D eigenvalue weighted by Gasteiger charge is -2.26. The van der Waals surface area contributed by atoms with Crippen LogP contribution in [0.2, 0.25) is 0 Å². The number of hydrogen-bond acceptors (Lipinski definition) is 1. The van der Waals surface area contributed by atoms with E-state index >= 15 is 0 Å². The van der Waals surface area contributed by atoms with Gasteiger partial charge in [-0.15, -0.1) is 0 Å². The van der Waals surface area contributed by atoms with Gasteiger partial charge in [0, 0.05) is 5.54 Å². The van der Waals surface area contributed by atoms with Gasteiger partial charge in [-0.2, -0.15) is 0 Å². The van der Waals surface area contributed by atoms with E-state index in [1.54, 1.807) is 0 Å². The molecule has 1 aliphatic carbocycles. The zero-order chi connectivity index (χ0) is 10.0. The summed E-state index contributed by atoms with van der Waals surface area (Å²) in [6.45, 7) is -0.408. The molecule has 1 aromatic rings. The predicted molar refractivity (Wildman–Crippen MR) is 55.6 cm³/mol. The molecule has 1 aromatic carbocycles. The van der Waals surface area contributed by atoms with Gasteiger partial charge >= 0.3 is 0 Å². The Hall–Kier alpha value is -0.890. The summed E-state index contributed by atoms with van der Waals surface area (Å²) < 4.78 is 12.8. The van der Waals surface area contributed by atoms with E-state index < -0.39 is 6.67 Å². The molecule has 2 N–H and O–H groups in total. The van der Waals surface area contributed by atoms with Crippen molar-refractivity contribution in [2.24, 2.45) is 5.73 Å². The van der Waals surface area contributed by atoms with Crippen LogP contribution in [-0.2, 0) is 12.2 Å². The molecule has 0 aliphatic heterocycles. The highest BCUT2D eigenvalue weighted by atomic mass is 19.1. The van der Waals surface area contributed by atoms with Crippen molar-refractivity contribution in [1.82, 2.24) is 0 Å². The van der Waals surface area contributed by atoms with Crippen molar-refractivity contribution < 1.29 is 4.39 Å². The van der Waals surface area contributed by atoms with Gasteiger partial charge in [-0.1, -0.05) is 37.1 Å². The minimum Gasteiger partial charge on any atom is -0.321 e. The van der Waals surface area contributed by atoms with Gasteiger partial charge in [-0.05, 0) is 24.0 Å². The zero-order valence-corrected chi connectivity index (χ0v) is 8.30. The summed E-state index contributed by atoms with van der Waals surface area (Å²) in [5, 5.41) is 0. The molecule has 0 unspecified atom stereocenters. The highest BCUT2D eigenvalue weighted by Crippen LogP contribution is 2.37. The second-order valence-corrected chi connectivity index (χ2v) is 4.15. The summed E-state index contributed by atoms with van der Waals surface area (Å²) in [7, 11) is 0. The number of hydrogen-bond donors (Lipinski definition) is 1. The first-order valence-corrected chi connectivity index (χ1v) is 5.19. The zero-order valence-electron chi connectivity index (χ0n) is 8.30. The van der Waals surface area contributed by atoms with Gasteiger partial charge < -0.3 is 5.73 Å². The fourth-order valence-electron chi connectivity index (χ4n) is 2.40. The Morgan fingerprint density at radius 2 is 1.86 bits per heavy atom. The van der Waals surface area contributed by atoms with Crippen LogP contribution < -0.4 is 5.73 Å².